The lowest BCUT2D eigenvalue weighted by atomic mass is 10.3. The van der Waals surface area contributed by atoms with Gasteiger partial charge < -0.3 is 16.2 Å². The second-order valence-electron chi connectivity index (χ2n) is 3.54. The van der Waals surface area contributed by atoms with Gasteiger partial charge in [-0.05, 0) is 36.4 Å². The molecule has 0 aliphatic heterocycles. The number of anilines is 2. The lowest BCUT2D eigenvalue weighted by Gasteiger charge is -2.00. The van der Waals surface area contributed by atoms with Crippen molar-refractivity contribution in [1.29, 1.82) is 0 Å². The van der Waals surface area contributed by atoms with Gasteiger partial charge in [0.25, 0.3) is 0 Å². The highest BCUT2D eigenvalue weighted by atomic mass is 35.5. The number of rotatable bonds is 3. The van der Waals surface area contributed by atoms with E-state index in [1.807, 2.05) is 0 Å². The molecule has 0 saturated carbocycles. The number of halogens is 1. The molecule has 6 nitrogen and oxygen atoms in total. The van der Waals surface area contributed by atoms with Crippen LogP contribution in [-0.4, -0.2) is 12.1 Å². The Hall–Kier alpha value is -2.34. The Balaban J connectivity index is 0.00000180. The molecule has 1 aromatic carbocycles. The molecule has 0 aliphatic carbocycles. The SMILES string of the molecule is COc1ccc(N=Nc2ccc(N)nc2N)cc1.Cl. The Morgan fingerprint density at radius 2 is 1.68 bits per heavy atom. The molecule has 1 aromatic heterocycles. The molecule has 7 heteroatoms. The Kier molecular flexibility index (Phi) is 5.08. The lowest BCUT2D eigenvalue weighted by molar-refractivity contribution is 0.415. The number of hydrogen-bond acceptors (Lipinski definition) is 6. The number of pyridine rings is 1. The van der Waals surface area contributed by atoms with Crippen molar-refractivity contribution >= 4 is 35.4 Å². The molecule has 0 bridgehead atoms. The van der Waals surface area contributed by atoms with E-state index in [0.717, 1.165) is 5.75 Å². The minimum atomic E-state index is 0. The van der Waals surface area contributed by atoms with Crippen molar-refractivity contribution in [3.05, 3.63) is 36.4 Å². The fourth-order valence-electron chi connectivity index (χ4n) is 1.33. The van der Waals surface area contributed by atoms with E-state index in [9.17, 15) is 0 Å². The average molecular weight is 280 g/mol. The van der Waals surface area contributed by atoms with Crippen molar-refractivity contribution in [3.63, 3.8) is 0 Å². The first-order chi connectivity index (χ1) is 8.69. The van der Waals surface area contributed by atoms with Gasteiger partial charge in [-0.2, -0.15) is 5.11 Å². The van der Waals surface area contributed by atoms with Gasteiger partial charge in [0.2, 0.25) is 0 Å². The van der Waals surface area contributed by atoms with Crippen molar-refractivity contribution < 1.29 is 4.74 Å². The number of azo groups is 1. The van der Waals surface area contributed by atoms with Gasteiger partial charge in [-0.3, -0.25) is 0 Å². The van der Waals surface area contributed by atoms with Gasteiger partial charge in [-0.15, -0.1) is 17.5 Å². The van der Waals surface area contributed by atoms with Crippen LogP contribution in [0.5, 0.6) is 5.75 Å². The quantitative estimate of drug-likeness (QED) is 0.843. The van der Waals surface area contributed by atoms with E-state index in [1.165, 1.54) is 0 Å². The van der Waals surface area contributed by atoms with Crippen molar-refractivity contribution in [1.82, 2.24) is 4.98 Å². The Bertz CT molecular complexity index is 571. The van der Waals surface area contributed by atoms with Crippen LogP contribution in [0.15, 0.2) is 46.6 Å². The molecule has 0 unspecified atom stereocenters. The third kappa shape index (κ3) is 3.82. The summed E-state index contributed by atoms with van der Waals surface area (Å²) < 4.78 is 5.05. The summed E-state index contributed by atoms with van der Waals surface area (Å²) in [6.45, 7) is 0. The van der Waals surface area contributed by atoms with Crippen LogP contribution in [0.4, 0.5) is 23.0 Å². The number of nitrogens with zero attached hydrogens (tertiary/aromatic N) is 3. The number of nitrogens with two attached hydrogens (primary N) is 2. The molecule has 4 N–H and O–H groups in total. The molecule has 0 atom stereocenters. The van der Waals surface area contributed by atoms with Gasteiger partial charge in [0.15, 0.2) is 5.82 Å². The number of methoxy groups -OCH3 is 1. The van der Waals surface area contributed by atoms with E-state index in [4.69, 9.17) is 16.2 Å². The largest absolute Gasteiger partial charge is 0.497 e. The second kappa shape index (κ2) is 6.55. The van der Waals surface area contributed by atoms with E-state index in [0.29, 0.717) is 17.2 Å². The Morgan fingerprint density at radius 1 is 1.00 bits per heavy atom. The monoisotopic (exact) mass is 279 g/mol. The molecule has 0 saturated heterocycles. The maximum Gasteiger partial charge on any atom is 0.153 e. The summed E-state index contributed by atoms with van der Waals surface area (Å²) in [7, 11) is 1.61. The van der Waals surface area contributed by atoms with E-state index >= 15 is 0 Å². The van der Waals surface area contributed by atoms with Crippen LogP contribution >= 0.6 is 12.4 Å². The minimum Gasteiger partial charge on any atom is -0.497 e. The molecule has 0 radical (unpaired) electrons. The highest BCUT2D eigenvalue weighted by Gasteiger charge is 1.99. The van der Waals surface area contributed by atoms with Crippen molar-refractivity contribution in [3.8, 4) is 5.75 Å². The highest BCUT2D eigenvalue weighted by Crippen LogP contribution is 2.24. The topological polar surface area (TPSA) is 98.9 Å². The molecular weight excluding hydrogens is 266 g/mol. The van der Waals surface area contributed by atoms with E-state index in [1.54, 1.807) is 43.5 Å². The Labute approximate surface area is 116 Å². The molecule has 1 heterocycles. The van der Waals surface area contributed by atoms with E-state index < -0.39 is 0 Å². The molecule has 0 aliphatic rings. The Morgan fingerprint density at radius 3 is 2.26 bits per heavy atom. The first-order valence-electron chi connectivity index (χ1n) is 5.27. The van der Waals surface area contributed by atoms with Crippen molar-refractivity contribution in [2.75, 3.05) is 18.6 Å². The third-order valence-electron chi connectivity index (χ3n) is 2.27. The maximum atomic E-state index is 5.67. The van der Waals surface area contributed by atoms with Crippen LogP contribution in [0.1, 0.15) is 0 Å². The zero-order valence-electron chi connectivity index (χ0n) is 10.3. The first kappa shape index (κ1) is 14.7. The summed E-state index contributed by atoms with van der Waals surface area (Å²) in [6.07, 6.45) is 0. The average Bonchev–Trinajstić information content (AvgIpc) is 2.38. The molecule has 100 valence electrons. The van der Waals surface area contributed by atoms with Gasteiger partial charge in [0.05, 0.1) is 12.8 Å². The molecule has 2 aromatic rings. The van der Waals surface area contributed by atoms with Gasteiger partial charge in [-0.1, -0.05) is 0 Å². The molecule has 19 heavy (non-hydrogen) atoms. The first-order valence-corrected chi connectivity index (χ1v) is 5.27. The van der Waals surface area contributed by atoms with Crippen molar-refractivity contribution in [2.45, 2.75) is 0 Å². The fraction of sp³-hybridized carbons (Fsp3) is 0.0833. The summed E-state index contributed by atoms with van der Waals surface area (Å²) >= 11 is 0. The molecule has 0 fully saturated rings. The highest BCUT2D eigenvalue weighted by molar-refractivity contribution is 5.85. The third-order valence-corrected chi connectivity index (χ3v) is 2.27. The number of benzene rings is 1. The van der Waals surface area contributed by atoms with Crippen LogP contribution in [0.2, 0.25) is 0 Å². The van der Waals surface area contributed by atoms with Gasteiger partial charge in [-0.25, -0.2) is 4.98 Å². The van der Waals surface area contributed by atoms with Crippen LogP contribution in [0.25, 0.3) is 0 Å². The van der Waals surface area contributed by atoms with Crippen molar-refractivity contribution in [2.24, 2.45) is 10.2 Å². The zero-order chi connectivity index (χ0) is 13.0. The van der Waals surface area contributed by atoms with Gasteiger partial charge >= 0.3 is 0 Å². The van der Waals surface area contributed by atoms with Crippen LogP contribution < -0.4 is 16.2 Å². The number of ether oxygens (including phenoxy) is 1. The number of aromatic nitrogens is 1. The van der Waals surface area contributed by atoms with Crippen LogP contribution in [0.3, 0.4) is 0 Å². The summed E-state index contributed by atoms with van der Waals surface area (Å²) in [4.78, 5) is 3.90. The summed E-state index contributed by atoms with van der Waals surface area (Å²) in [6, 6.07) is 10.5. The summed E-state index contributed by atoms with van der Waals surface area (Å²) in [5, 5.41) is 8.06. The van der Waals surface area contributed by atoms with E-state index in [-0.39, 0.29) is 18.2 Å². The molecular formula is C12H14ClN5O. The smallest absolute Gasteiger partial charge is 0.153 e. The van der Waals surface area contributed by atoms with Gasteiger partial charge in [0, 0.05) is 0 Å². The zero-order valence-corrected chi connectivity index (χ0v) is 11.1. The molecule has 2 rings (SSSR count). The maximum absolute atomic E-state index is 5.67. The minimum absolute atomic E-state index is 0. The summed E-state index contributed by atoms with van der Waals surface area (Å²) in [5.74, 6) is 1.38. The second-order valence-corrected chi connectivity index (χ2v) is 3.54. The predicted octanol–water partition coefficient (Wildman–Crippen LogP) is 3.09. The summed E-state index contributed by atoms with van der Waals surface area (Å²) in [5.41, 5.74) is 12.3. The lowest BCUT2D eigenvalue weighted by Crippen LogP contribution is -1.95. The normalized spacial score (nSPS) is 10.2. The molecule has 0 amide bonds. The molecule has 0 spiro atoms. The van der Waals surface area contributed by atoms with Gasteiger partial charge in [0.1, 0.15) is 17.3 Å². The number of hydrogen-bond donors (Lipinski definition) is 2. The van der Waals surface area contributed by atoms with Crippen LogP contribution in [0, 0.1) is 0 Å². The van der Waals surface area contributed by atoms with Crippen LogP contribution in [-0.2, 0) is 0 Å². The predicted molar refractivity (Wildman–Crippen MR) is 77.5 cm³/mol. The van der Waals surface area contributed by atoms with E-state index in [2.05, 4.69) is 15.2 Å². The number of nitrogen functional groups attached to an aromatic ring is 2. The standard InChI is InChI=1S/C12H13N5O.ClH/c1-18-9-4-2-8(3-5-9)16-17-10-6-7-11(13)15-12(10)14;/h2-7H,1H3,(H4,13,14,15);1H. The fourth-order valence-corrected chi connectivity index (χ4v) is 1.33.